The summed E-state index contributed by atoms with van der Waals surface area (Å²) in [6, 6.07) is 0. The van der Waals surface area contributed by atoms with E-state index in [1.807, 2.05) is 0 Å². The molecule has 0 N–H and O–H groups in total. The van der Waals surface area contributed by atoms with Gasteiger partial charge in [-0.05, 0) is 12.8 Å². The summed E-state index contributed by atoms with van der Waals surface area (Å²) in [4.78, 5) is 0. The van der Waals surface area contributed by atoms with Crippen molar-refractivity contribution in [3.05, 3.63) is 0 Å². The molecule has 0 aromatic heterocycles. The Hall–Kier alpha value is 0.690. The predicted octanol–water partition coefficient (Wildman–Crippen LogP) is 1.88. The van der Waals surface area contributed by atoms with Gasteiger partial charge in [-0.25, -0.2) is 0 Å². The Bertz CT molecular complexity index is 121. The van der Waals surface area contributed by atoms with Crippen molar-refractivity contribution >= 4 is 34.3 Å². The SMILES string of the molecule is O=S([O-])CCCCC(Cl)CCl. The summed E-state index contributed by atoms with van der Waals surface area (Å²) in [5.74, 6) is 0.661. The van der Waals surface area contributed by atoms with Crippen molar-refractivity contribution in [2.24, 2.45) is 0 Å². The number of rotatable bonds is 6. The van der Waals surface area contributed by atoms with Gasteiger partial charge < -0.3 is 4.55 Å². The lowest BCUT2D eigenvalue weighted by molar-refractivity contribution is 0.532. The molecular formula is C6H11Cl2O2S-. The summed E-state index contributed by atoms with van der Waals surface area (Å²) in [7, 11) is 0. The molecule has 0 aromatic rings. The minimum absolute atomic E-state index is 0.0169. The summed E-state index contributed by atoms with van der Waals surface area (Å²) in [5.41, 5.74) is 0. The van der Waals surface area contributed by atoms with E-state index in [2.05, 4.69) is 0 Å². The highest BCUT2D eigenvalue weighted by Gasteiger charge is 2.00. The molecule has 0 amide bonds. The molecular weight excluding hydrogens is 207 g/mol. The van der Waals surface area contributed by atoms with Gasteiger partial charge in [0.25, 0.3) is 0 Å². The number of hydrogen-bond donors (Lipinski definition) is 0. The van der Waals surface area contributed by atoms with Crippen LogP contribution in [0.4, 0.5) is 0 Å². The van der Waals surface area contributed by atoms with Gasteiger partial charge in [0.05, 0.1) is 0 Å². The first-order chi connectivity index (χ1) is 5.16. The lowest BCUT2D eigenvalue weighted by atomic mass is 10.2. The van der Waals surface area contributed by atoms with Crippen molar-refractivity contribution in [1.29, 1.82) is 0 Å². The van der Waals surface area contributed by atoms with Gasteiger partial charge in [0.1, 0.15) is 0 Å². The second kappa shape index (κ2) is 7.35. The lowest BCUT2D eigenvalue weighted by Gasteiger charge is -2.06. The van der Waals surface area contributed by atoms with E-state index in [-0.39, 0.29) is 11.1 Å². The van der Waals surface area contributed by atoms with Crippen LogP contribution in [0.25, 0.3) is 0 Å². The van der Waals surface area contributed by atoms with E-state index in [9.17, 15) is 8.76 Å². The Labute approximate surface area is 79.5 Å². The van der Waals surface area contributed by atoms with Crippen LogP contribution in [0, 0.1) is 0 Å². The van der Waals surface area contributed by atoms with E-state index in [1.165, 1.54) is 0 Å². The molecule has 5 heteroatoms. The molecule has 0 aliphatic heterocycles. The normalized spacial score (nSPS) is 16.3. The Morgan fingerprint density at radius 3 is 2.55 bits per heavy atom. The molecule has 0 aliphatic rings. The van der Waals surface area contributed by atoms with Crippen LogP contribution >= 0.6 is 23.2 Å². The molecule has 0 spiro atoms. The van der Waals surface area contributed by atoms with Crippen LogP contribution in [0.3, 0.4) is 0 Å². The van der Waals surface area contributed by atoms with Crippen molar-refractivity contribution in [3.63, 3.8) is 0 Å². The smallest absolute Gasteiger partial charge is 0.0471 e. The van der Waals surface area contributed by atoms with Gasteiger partial charge in [-0.2, -0.15) is 0 Å². The number of unbranched alkanes of at least 4 members (excludes halogenated alkanes) is 1. The van der Waals surface area contributed by atoms with Crippen LogP contribution < -0.4 is 0 Å². The highest BCUT2D eigenvalue weighted by atomic mass is 35.5. The van der Waals surface area contributed by atoms with Gasteiger partial charge in [0.2, 0.25) is 0 Å². The zero-order chi connectivity index (χ0) is 8.69. The summed E-state index contributed by atoms with van der Waals surface area (Å²) in [5, 5.41) is -0.0169. The average molecular weight is 218 g/mol. The largest absolute Gasteiger partial charge is 0.772 e. The van der Waals surface area contributed by atoms with E-state index < -0.39 is 11.1 Å². The van der Waals surface area contributed by atoms with E-state index in [4.69, 9.17) is 23.2 Å². The van der Waals surface area contributed by atoms with E-state index in [0.717, 1.165) is 12.8 Å². The minimum Gasteiger partial charge on any atom is -0.772 e. The second-order valence-corrected chi connectivity index (χ2v) is 4.20. The molecule has 0 bridgehead atoms. The van der Waals surface area contributed by atoms with Gasteiger partial charge in [-0.15, -0.1) is 23.2 Å². The van der Waals surface area contributed by atoms with Crippen LogP contribution in [-0.2, 0) is 11.1 Å². The fourth-order valence-corrected chi connectivity index (χ4v) is 1.41. The minimum atomic E-state index is -1.91. The Morgan fingerprint density at radius 2 is 2.09 bits per heavy atom. The highest BCUT2D eigenvalue weighted by Crippen LogP contribution is 2.08. The number of halogens is 2. The standard InChI is InChI=1S/C6H12Cl2O2S/c7-5-6(8)3-1-2-4-11(9)10/h6H,1-5H2,(H,9,10)/p-1. The van der Waals surface area contributed by atoms with Crippen LogP contribution in [0.1, 0.15) is 19.3 Å². The lowest BCUT2D eigenvalue weighted by Crippen LogP contribution is -2.01. The Balaban J connectivity index is 3.08. The molecule has 11 heavy (non-hydrogen) atoms. The van der Waals surface area contributed by atoms with Gasteiger partial charge >= 0.3 is 0 Å². The summed E-state index contributed by atoms with van der Waals surface area (Å²) >= 11 is 9.23. The van der Waals surface area contributed by atoms with Crippen LogP contribution in [0.2, 0.25) is 0 Å². The molecule has 0 aliphatic carbocycles. The first kappa shape index (κ1) is 11.7. The van der Waals surface area contributed by atoms with E-state index in [0.29, 0.717) is 12.3 Å². The van der Waals surface area contributed by atoms with Gasteiger partial charge in [-0.3, -0.25) is 4.21 Å². The molecule has 0 aromatic carbocycles. The van der Waals surface area contributed by atoms with Gasteiger partial charge in [0, 0.05) is 17.0 Å². The van der Waals surface area contributed by atoms with Crippen molar-refractivity contribution in [2.45, 2.75) is 24.6 Å². The molecule has 68 valence electrons. The third kappa shape index (κ3) is 8.60. The molecule has 0 radical (unpaired) electrons. The van der Waals surface area contributed by atoms with Crippen molar-refractivity contribution in [1.82, 2.24) is 0 Å². The van der Waals surface area contributed by atoms with Crippen LogP contribution in [0.5, 0.6) is 0 Å². The zero-order valence-electron chi connectivity index (χ0n) is 6.09. The van der Waals surface area contributed by atoms with Crippen LogP contribution in [0.15, 0.2) is 0 Å². The molecule has 0 fully saturated rings. The summed E-state index contributed by atoms with van der Waals surface area (Å²) in [6.45, 7) is 0. The van der Waals surface area contributed by atoms with Crippen molar-refractivity contribution in [3.8, 4) is 0 Å². The van der Waals surface area contributed by atoms with Gasteiger partial charge in [-0.1, -0.05) is 17.5 Å². The summed E-state index contributed by atoms with van der Waals surface area (Å²) < 4.78 is 20.1. The second-order valence-electron chi connectivity index (χ2n) is 2.26. The molecule has 2 nitrogen and oxygen atoms in total. The molecule has 0 saturated heterocycles. The molecule has 0 rings (SSSR count). The fraction of sp³-hybridized carbons (Fsp3) is 1.00. The number of hydrogen-bond acceptors (Lipinski definition) is 2. The Morgan fingerprint density at radius 1 is 1.45 bits per heavy atom. The fourth-order valence-electron chi connectivity index (χ4n) is 0.663. The highest BCUT2D eigenvalue weighted by molar-refractivity contribution is 7.79. The first-order valence-corrected chi connectivity index (χ1v) is 5.64. The molecule has 0 saturated carbocycles. The van der Waals surface area contributed by atoms with Crippen molar-refractivity contribution < 1.29 is 8.76 Å². The van der Waals surface area contributed by atoms with E-state index >= 15 is 0 Å². The first-order valence-electron chi connectivity index (χ1n) is 3.42. The molecule has 2 unspecified atom stereocenters. The van der Waals surface area contributed by atoms with Crippen molar-refractivity contribution in [2.75, 3.05) is 11.6 Å². The maximum Gasteiger partial charge on any atom is 0.0471 e. The monoisotopic (exact) mass is 217 g/mol. The number of alkyl halides is 2. The molecule has 0 heterocycles. The van der Waals surface area contributed by atoms with Crippen LogP contribution in [-0.4, -0.2) is 25.8 Å². The quantitative estimate of drug-likeness (QED) is 0.388. The average Bonchev–Trinajstić information content (AvgIpc) is 1.97. The van der Waals surface area contributed by atoms with Gasteiger partial charge in [0.15, 0.2) is 0 Å². The zero-order valence-corrected chi connectivity index (χ0v) is 8.42. The third-order valence-electron chi connectivity index (χ3n) is 1.25. The summed E-state index contributed by atoms with van der Waals surface area (Å²) in [6.07, 6.45) is 2.30. The molecule has 2 atom stereocenters. The third-order valence-corrected chi connectivity index (χ3v) is 2.77. The predicted molar refractivity (Wildman–Crippen MR) is 48.0 cm³/mol. The maximum absolute atomic E-state index is 10.1. The maximum atomic E-state index is 10.1. The van der Waals surface area contributed by atoms with E-state index in [1.54, 1.807) is 0 Å². The Kier molecular flexibility index (Phi) is 7.81. The topological polar surface area (TPSA) is 40.1 Å².